The Morgan fingerprint density at radius 1 is 0.824 bits per heavy atom. The van der Waals surface area contributed by atoms with Gasteiger partial charge in [0.1, 0.15) is 0 Å². The van der Waals surface area contributed by atoms with Crippen molar-refractivity contribution in [1.82, 2.24) is 0 Å². The smallest absolute Gasteiger partial charge is 0.0888 e. The van der Waals surface area contributed by atoms with E-state index in [1.807, 2.05) is 0 Å². The molecular weight excluding hydrogens is 424 g/mol. The fourth-order valence-electron chi connectivity index (χ4n) is 10.8. The Bertz CT molecular complexity index is 877. The topological polar surface area (TPSA) is 80.9 Å². The van der Waals surface area contributed by atoms with Gasteiger partial charge in [0.15, 0.2) is 0 Å². The van der Waals surface area contributed by atoms with E-state index in [2.05, 4.69) is 54.5 Å². The van der Waals surface area contributed by atoms with E-state index >= 15 is 0 Å². The lowest BCUT2D eigenvalue weighted by atomic mass is 9.33. The minimum Gasteiger partial charge on any atom is -0.396 e. The second kappa shape index (κ2) is 7.33. The second-order valence-electron chi connectivity index (χ2n) is 15.2. The van der Waals surface area contributed by atoms with Gasteiger partial charge >= 0.3 is 0 Å². The molecule has 4 fully saturated rings. The van der Waals surface area contributed by atoms with Crippen LogP contribution in [0.1, 0.15) is 99.8 Å². The summed E-state index contributed by atoms with van der Waals surface area (Å²) in [6, 6.07) is 0. The van der Waals surface area contributed by atoms with E-state index in [1.54, 1.807) is 0 Å². The first-order valence-electron chi connectivity index (χ1n) is 14.0. The van der Waals surface area contributed by atoms with Crippen molar-refractivity contribution in [3.63, 3.8) is 0 Å². The lowest BCUT2D eigenvalue weighted by Crippen LogP contribution is -2.67. The van der Waals surface area contributed by atoms with Gasteiger partial charge in [-0.15, -0.1) is 0 Å². The molecule has 5 rings (SSSR count). The van der Waals surface area contributed by atoms with Crippen LogP contribution < -0.4 is 0 Å². The minimum absolute atomic E-state index is 0.0333. The van der Waals surface area contributed by atoms with Crippen molar-refractivity contribution in [2.75, 3.05) is 6.61 Å². The van der Waals surface area contributed by atoms with E-state index in [9.17, 15) is 20.4 Å². The molecule has 0 aromatic carbocycles. The van der Waals surface area contributed by atoms with E-state index in [1.165, 1.54) is 18.4 Å². The van der Waals surface area contributed by atoms with Crippen molar-refractivity contribution in [3.05, 3.63) is 11.6 Å². The zero-order valence-corrected chi connectivity index (χ0v) is 22.7. The van der Waals surface area contributed by atoms with E-state index in [0.29, 0.717) is 11.8 Å². The van der Waals surface area contributed by atoms with Gasteiger partial charge in [0.2, 0.25) is 0 Å². The highest BCUT2D eigenvalue weighted by molar-refractivity contribution is 5.35. The molecule has 0 unspecified atom stereocenters. The van der Waals surface area contributed by atoms with Crippen molar-refractivity contribution in [2.24, 2.45) is 50.2 Å². The van der Waals surface area contributed by atoms with E-state index < -0.39 is 17.6 Å². The highest BCUT2D eigenvalue weighted by Gasteiger charge is 2.69. The van der Waals surface area contributed by atoms with Crippen LogP contribution in [0.5, 0.6) is 0 Å². The third-order valence-corrected chi connectivity index (χ3v) is 13.4. The molecule has 4 saturated carbocycles. The number of aliphatic hydroxyl groups excluding tert-OH is 4. The molecule has 0 bridgehead atoms. The first-order valence-corrected chi connectivity index (χ1v) is 14.0. The average Bonchev–Trinajstić information content (AvgIpc) is 2.76. The molecule has 34 heavy (non-hydrogen) atoms. The van der Waals surface area contributed by atoms with Crippen LogP contribution in [0, 0.1) is 50.2 Å². The Kier molecular flexibility index (Phi) is 5.44. The highest BCUT2D eigenvalue weighted by Crippen LogP contribution is 2.75. The Labute approximate surface area is 207 Å². The summed E-state index contributed by atoms with van der Waals surface area (Å²) in [6.45, 7) is 16.2. The van der Waals surface area contributed by atoms with Gasteiger partial charge in [0.25, 0.3) is 0 Å². The van der Waals surface area contributed by atoms with Crippen LogP contribution in [-0.4, -0.2) is 45.3 Å². The van der Waals surface area contributed by atoms with Gasteiger partial charge in [-0.25, -0.2) is 0 Å². The van der Waals surface area contributed by atoms with Crippen molar-refractivity contribution in [2.45, 2.75) is 118 Å². The van der Waals surface area contributed by atoms with Gasteiger partial charge in [-0.1, -0.05) is 60.1 Å². The molecule has 0 aromatic heterocycles. The molecule has 5 aliphatic rings. The summed E-state index contributed by atoms with van der Waals surface area (Å²) in [6.07, 6.45) is 8.54. The fraction of sp³-hybridized carbons (Fsp3) is 0.933. The molecule has 0 radical (unpaired) electrons. The number of allylic oxidation sites excluding steroid dienone is 2. The molecule has 194 valence electrons. The Morgan fingerprint density at radius 3 is 2.15 bits per heavy atom. The van der Waals surface area contributed by atoms with Gasteiger partial charge in [-0.2, -0.15) is 0 Å². The summed E-state index contributed by atoms with van der Waals surface area (Å²) >= 11 is 0. The molecule has 4 heteroatoms. The summed E-state index contributed by atoms with van der Waals surface area (Å²) in [5, 5.41) is 43.9. The molecule has 0 aromatic rings. The zero-order valence-electron chi connectivity index (χ0n) is 22.7. The quantitative estimate of drug-likeness (QED) is 0.399. The van der Waals surface area contributed by atoms with Gasteiger partial charge in [0.05, 0.1) is 24.9 Å². The summed E-state index contributed by atoms with van der Waals surface area (Å²) in [4.78, 5) is 0. The van der Waals surface area contributed by atoms with Crippen molar-refractivity contribution in [1.29, 1.82) is 0 Å². The van der Waals surface area contributed by atoms with Crippen LogP contribution in [0.2, 0.25) is 0 Å². The molecule has 0 saturated heterocycles. The zero-order chi connectivity index (χ0) is 25.1. The van der Waals surface area contributed by atoms with Gasteiger partial charge in [0, 0.05) is 5.41 Å². The number of hydrogen-bond acceptors (Lipinski definition) is 4. The van der Waals surface area contributed by atoms with E-state index in [-0.39, 0.29) is 45.7 Å². The van der Waals surface area contributed by atoms with Crippen molar-refractivity contribution >= 4 is 0 Å². The SMILES string of the molecule is CC1(C)C[C@@H]2C3=CC[C@@H]4[C@@]5(C)CC[C@H](O)C(C)(C)[C@@H]5CC[C@@]4(C)[C@]3(C)CC[C@@]2(CO)[C@@H](O)[C@@H]1O. The first kappa shape index (κ1) is 25.2. The first-order chi connectivity index (χ1) is 15.6. The van der Waals surface area contributed by atoms with Crippen LogP contribution in [-0.2, 0) is 0 Å². The van der Waals surface area contributed by atoms with E-state index in [0.717, 1.165) is 38.5 Å². The summed E-state index contributed by atoms with van der Waals surface area (Å²) < 4.78 is 0. The minimum atomic E-state index is -0.892. The monoisotopic (exact) mass is 474 g/mol. The van der Waals surface area contributed by atoms with Crippen molar-refractivity contribution < 1.29 is 20.4 Å². The number of aliphatic hydroxyl groups is 4. The molecule has 0 aliphatic heterocycles. The van der Waals surface area contributed by atoms with Crippen LogP contribution in [0.4, 0.5) is 0 Å². The van der Waals surface area contributed by atoms with Crippen LogP contribution in [0.3, 0.4) is 0 Å². The summed E-state index contributed by atoms with van der Waals surface area (Å²) in [5.74, 6) is 1.22. The van der Waals surface area contributed by atoms with E-state index in [4.69, 9.17) is 0 Å². The lowest BCUT2D eigenvalue weighted by molar-refractivity contribution is -0.227. The molecule has 4 N–H and O–H groups in total. The average molecular weight is 475 g/mol. The van der Waals surface area contributed by atoms with Gasteiger partial charge in [-0.05, 0) is 96.2 Å². The Hall–Kier alpha value is -0.420. The normalized spacial score (nSPS) is 55.8. The Balaban J connectivity index is 1.60. The van der Waals surface area contributed by atoms with Crippen LogP contribution in [0.25, 0.3) is 0 Å². The van der Waals surface area contributed by atoms with Crippen LogP contribution >= 0.6 is 0 Å². The molecule has 5 aliphatic carbocycles. The van der Waals surface area contributed by atoms with Crippen LogP contribution in [0.15, 0.2) is 11.6 Å². The summed E-state index contributed by atoms with van der Waals surface area (Å²) in [5.41, 5.74) is 0.801. The Morgan fingerprint density at radius 2 is 1.50 bits per heavy atom. The van der Waals surface area contributed by atoms with Gasteiger partial charge < -0.3 is 20.4 Å². The highest BCUT2D eigenvalue weighted by atomic mass is 16.3. The molecule has 0 amide bonds. The molecule has 4 nitrogen and oxygen atoms in total. The number of fused-ring (bicyclic) bond motifs is 7. The fourth-order valence-corrected chi connectivity index (χ4v) is 10.8. The largest absolute Gasteiger partial charge is 0.396 e. The maximum absolute atomic E-state index is 11.3. The number of hydrogen-bond donors (Lipinski definition) is 4. The van der Waals surface area contributed by atoms with Gasteiger partial charge in [-0.3, -0.25) is 0 Å². The standard InChI is InChI=1S/C30H50O4/c1-25(2)16-19-18-8-9-21-27(5)12-11-22(32)26(3,4)20(27)10-13-29(21,7)28(18,6)14-15-30(19,17-31)24(34)23(25)33/h8,19-24,31-34H,9-17H2,1-7H3/t19-,20+,21-,22+,23+,24+,27+,28-,29-,30+/m1/s1. The predicted molar refractivity (Wildman–Crippen MR) is 135 cm³/mol. The predicted octanol–water partition coefficient (Wildman–Crippen LogP) is 5.08. The maximum Gasteiger partial charge on any atom is 0.0888 e. The lowest BCUT2D eigenvalue weighted by Gasteiger charge is -2.72. The third kappa shape index (κ3) is 2.81. The molecular formula is C30H50O4. The third-order valence-electron chi connectivity index (χ3n) is 13.4. The van der Waals surface area contributed by atoms with Crippen molar-refractivity contribution in [3.8, 4) is 0 Å². The second-order valence-corrected chi connectivity index (χ2v) is 15.2. The molecule has 0 spiro atoms. The summed E-state index contributed by atoms with van der Waals surface area (Å²) in [7, 11) is 0. The number of rotatable bonds is 1. The molecule has 10 atom stereocenters. The molecule has 0 heterocycles. The maximum atomic E-state index is 11.3.